The van der Waals surface area contributed by atoms with Crippen molar-refractivity contribution in [2.45, 2.75) is 0 Å². The summed E-state index contributed by atoms with van der Waals surface area (Å²) in [4.78, 5) is 4.15. The monoisotopic (exact) mass is 221 g/mol. The zero-order valence-electron chi connectivity index (χ0n) is 7.83. The van der Waals surface area contributed by atoms with E-state index >= 15 is 0 Å². The summed E-state index contributed by atoms with van der Waals surface area (Å²) in [5, 5.41) is 0. The quantitative estimate of drug-likeness (QED) is 0.653. The number of hydrogen-bond acceptors (Lipinski definition) is 1. The summed E-state index contributed by atoms with van der Waals surface area (Å²) in [5.74, 6) is 0. The van der Waals surface area contributed by atoms with Gasteiger partial charge in [0.05, 0.1) is 0 Å². The molecule has 13 heavy (non-hydrogen) atoms. The average molecular weight is 221 g/mol. The molecule has 2 heteroatoms. The molecule has 1 aromatic heterocycles. The second kappa shape index (κ2) is 1.37. The van der Waals surface area contributed by atoms with Crippen molar-refractivity contribution < 1.29 is 6.88 Å². The van der Waals surface area contributed by atoms with Crippen LogP contribution in [0.3, 0.4) is 0 Å². The van der Waals surface area contributed by atoms with Crippen molar-refractivity contribution in [3.05, 3.63) is 24.4 Å². The van der Waals surface area contributed by atoms with Gasteiger partial charge in [0.25, 0.3) is 0 Å². The molecule has 0 fully saturated rings. The van der Waals surface area contributed by atoms with Crippen molar-refractivity contribution >= 4 is 37.4 Å². The van der Waals surface area contributed by atoms with Crippen LogP contribution in [0.2, 0.25) is 0 Å². The molecule has 0 bridgehead atoms. The third-order valence-corrected chi connectivity index (χ3v) is 3.91. The number of hydrogen-bond donors (Lipinski definition) is 0. The summed E-state index contributed by atoms with van der Waals surface area (Å²) in [7, 11) is 0. The molecule has 0 N–H and O–H groups in total. The van der Waals surface area contributed by atoms with Crippen LogP contribution in [0.4, 0.5) is 0 Å². The molecule has 1 heterocycles. The Balaban J connectivity index is 4.40. The van der Waals surface area contributed by atoms with Crippen molar-refractivity contribution in [1.29, 1.82) is 0 Å². The molecule has 0 amide bonds. The minimum absolute atomic E-state index is 0.567. The Morgan fingerprint density at radius 2 is 1.46 bits per heavy atom. The summed E-state index contributed by atoms with van der Waals surface area (Å²) in [6, 6.07) is 5.40. The normalized spacial score (nSPS) is 20.5. The fourth-order valence-electron chi connectivity index (χ4n) is 0.753. The van der Waals surface area contributed by atoms with E-state index in [1.807, 2.05) is 6.07 Å². The zero-order chi connectivity index (χ0) is 10.5. The van der Waals surface area contributed by atoms with E-state index in [0.717, 1.165) is 0 Å². The van der Waals surface area contributed by atoms with Gasteiger partial charge in [0.1, 0.15) is 0 Å². The van der Waals surface area contributed by atoms with Gasteiger partial charge in [-0.25, -0.2) is 0 Å². The molecular formula is C11H16CoN. The van der Waals surface area contributed by atoms with Gasteiger partial charge >= 0.3 is 73.6 Å². The Morgan fingerprint density at radius 3 is 1.69 bits per heavy atom. The Bertz CT molecular complexity index is 845. The van der Waals surface area contributed by atoms with E-state index in [-0.39, 0.29) is 0 Å². The van der Waals surface area contributed by atoms with Crippen LogP contribution >= 0.6 is 0 Å². The van der Waals surface area contributed by atoms with Gasteiger partial charge in [-0.05, 0) is 0 Å². The van der Waals surface area contributed by atoms with E-state index in [1.165, 1.54) is 0 Å². The Labute approximate surface area is 73.9 Å². The van der Waals surface area contributed by atoms with E-state index in [4.69, 9.17) is 0 Å². The van der Waals surface area contributed by atoms with Gasteiger partial charge in [-0.2, -0.15) is 0 Å². The number of rotatable bonds is 1. The maximum atomic E-state index is 4.15. The molecule has 0 saturated carbocycles. The molecule has 1 nitrogen and oxygen atoms in total. The van der Waals surface area contributed by atoms with Gasteiger partial charge in [0, 0.05) is 0 Å². The predicted molar refractivity (Wildman–Crippen MR) is 66.6 cm³/mol. The first-order valence-electron chi connectivity index (χ1n) is 3.35. The SMILES string of the molecule is [CH2]=[Co](=[CH2])(=[CH2])(=[CH2])(=[CH2])(=[CH2])[c]1ccccn1. The minimum atomic E-state index is -4.35. The van der Waals surface area contributed by atoms with Gasteiger partial charge in [0.2, 0.25) is 0 Å². The second-order valence-electron chi connectivity index (χ2n) is 4.34. The number of nitrogens with zero attached hydrogens (tertiary/aromatic N) is 1. The first-order chi connectivity index (χ1) is 5.30. The first-order valence-corrected chi connectivity index (χ1v) is 8.29. The van der Waals surface area contributed by atoms with Crippen LogP contribution in [0.5, 0.6) is 0 Å². The van der Waals surface area contributed by atoms with Crippen LogP contribution in [-0.4, -0.2) is 37.7 Å². The van der Waals surface area contributed by atoms with Crippen LogP contribution in [0.1, 0.15) is 0 Å². The van der Waals surface area contributed by atoms with Crippen LogP contribution in [0, 0.1) is 0 Å². The molecule has 1 rings (SSSR count). The summed E-state index contributed by atoms with van der Waals surface area (Å²) < 4.78 is 0.567. The molecule has 0 radical (unpaired) electrons. The summed E-state index contributed by atoms with van der Waals surface area (Å²) in [6.45, 7) is -4.35. The van der Waals surface area contributed by atoms with Gasteiger partial charge in [0.15, 0.2) is 0 Å². The van der Waals surface area contributed by atoms with Gasteiger partial charge < -0.3 is 0 Å². The number of aromatic nitrogens is 1. The van der Waals surface area contributed by atoms with Gasteiger partial charge in [-0.1, -0.05) is 0 Å². The van der Waals surface area contributed by atoms with Gasteiger partial charge in [-0.3, -0.25) is 0 Å². The maximum absolute atomic E-state index is 4.35. The van der Waals surface area contributed by atoms with E-state index in [9.17, 15) is 0 Å². The second-order valence-corrected chi connectivity index (χ2v) is 14.9. The molecule has 0 aromatic carbocycles. The fraction of sp³-hybridized carbons (Fsp3) is 0. The van der Waals surface area contributed by atoms with E-state index in [1.54, 1.807) is 18.3 Å². The molecule has 1 aromatic rings. The first kappa shape index (κ1) is 9.96. The van der Waals surface area contributed by atoms with Crippen LogP contribution in [-0.2, 0) is 6.88 Å². The molecule has 0 saturated heterocycles. The van der Waals surface area contributed by atoms with Crippen molar-refractivity contribution in [1.82, 2.24) is 4.98 Å². The van der Waals surface area contributed by atoms with Crippen molar-refractivity contribution in [2.24, 2.45) is 0 Å². The Morgan fingerprint density at radius 1 is 0.923 bits per heavy atom. The fourth-order valence-corrected chi connectivity index (χ4v) is 2.24. The molecule has 0 unspecified atom stereocenters. The zero-order valence-corrected chi connectivity index (χ0v) is 8.87. The van der Waals surface area contributed by atoms with E-state index < -0.39 is 6.88 Å². The van der Waals surface area contributed by atoms with Crippen LogP contribution < -0.4 is 4.63 Å². The third-order valence-electron chi connectivity index (χ3n) is 1.34. The Hall–Kier alpha value is -1.12. The molecule has 74 valence electrons. The van der Waals surface area contributed by atoms with E-state index in [2.05, 4.69) is 37.7 Å². The predicted octanol–water partition coefficient (Wildman–Crippen LogP) is 0.0599. The standard InChI is InChI=1S/C5H4N.6CH2.Co/c1-2-4-6-5-3-1;;;;;;;/h1-4H;6*1H2;. The number of pyridine rings is 1. The molecular weight excluding hydrogens is 205 g/mol. The summed E-state index contributed by atoms with van der Waals surface area (Å²) in [6.07, 6.45) is 1.64. The van der Waals surface area contributed by atoms with Crippen LogP contribution in [0.15, 0.2) is 24.4 Å². The van der Waals surface area contributed by atoms with Crippen molar-refractivity contribution in [3.63, 3.8) is 0 Å². The summed E-state index contributed by atoms with van der Waals surface area (Å²) in [5.41, 5.74) is 23.7. The third kappa shape index (κ3) is 2.41. The summed E-state index contributed by atoms with van der Waals surface area (Å²) >= 11 is 0. The van der Waals surface area contributed by atoms with Crippen molar-refractivity contribution in [2.75, 3.05) is 0 Å². The van der Waals surface area contributed by atoms with Crippen LogP contribution in [0.25, 0.3) is 0 Å². The Kier molecular flexibility index (Phi) is 1.05. The van der Waals surface area contributed by atoms with Crippen molar-refractivity contribution in [3.8, 4) is 0 Å². The molecule has 0 atom stereocenters. The molecule has 0 aliphatic carbocycles. The molecule has 0 spiro atoms. The molecule has 0 aliphatic heterocycles. The van der Waals surface area contributed by atoms with Gasteiger partial charge in [-0.15, -0.1) is 0 Å². The topological polar surface area (TPSA) is 12.9 Å². The molecule has 0 aliphatic rings. The average Bonchev–Trinajstić information content (AvgIpc) is 1.84. The van der Waals surface area contributed by atoms with E-state index in [0.29, 0.717) is 4.63 Å².